The van der Waals surface area contributed by atoms with E-state index in [1.165, 1.54) is 36.7 Å². The molecule has 0 atom stereocenters. The van der Waals surface area contributed by atoms with Crippen LogP contribution in [0, 0.1) is 0 Å². The molecule has 10 nitrogen and oxygen atoms in total. The molecule has 0 bridgehead atoms. The summed E-state index contributed by atoms with van der Waals surface area (Å²) in [5.74, 6) is -0.641. The number of halogens is 2. The zero-order valence-electron chi connectivity index (χ0n) is 18.3. The molecule has 0 unspecified atom stereocenters. The van der Waals surface area contributed by atoms with Crippen molar-refractivity contribution in [1.82, 2.24) is 19.8 Å². The zero-order valence-corrected chi connectivity index (χ0v) is 18.3. The van der Waals surface area contributed by atoms with E-state index < -0.39 is 6.29 Å². The normalized spacial score (nSPS) is 16.7. The van der Waals surface area contributed by atoms with Gasteiger partial charge in [-0.05, 0) is 23.8 Å². The molecule has 3 heterocycles. The predicted octanol–water partition coefficient (Wildman–Crippen LogP) is 1.82. The smallest absolute Gasteiger partial charge is 0.461 e. The number of hydrogen-bond acceptors (Lipinski definition) is 8. The number of rotatable bonds is 7. The van der Waals surface area contributed by atoms with Gasteiger partial charge in [-0.1, -0.05) is 6.07 Å². The molecule has 2 amide bonds. The number of carbonyl (C=O) groups is 2. The average molecular weight is 476 g/mol. The van der Waals surface area contributed by atoms with Crippen LogP contribution < -0.4 is 14.2 Å². The van der Waals surface area contributed by atoms with Crippen molar-refractivity contribution in [2.45, 2.75) is 6.29 Å². The fourth-order valence-corrected chi connectivity index (χ4v) is 3.37. The van der Waals surface area contributed by atoms with Crippen molar-refractivity contribution in [2.75, 3.05) is 46.5 Å². The first-order chi connectivity index (χ1) is 16.3. The lowest BCUT2D eigenvalue weighted by molar-refractivity contribution is -0.286. The van der Waals surface area contributed by atoms with Crippen molar-refractivity contribution in [2.24, 2.45) is 0 Å². The van der Waals surface area contributed by atoms with Crippen LogP contribution in [0.5, 0.6) is 17.5 Å². The Morgan fingerprint density at radius 2 is 1.74 bits per heavy atom. The SMILES string of the molecule is COCCOc1ncc(C(=O)N2CCN(C(=O)/C=C/c3ccc4c(c3)OC(F)(F)O4)CC2)cn1. The van der Waals surface area contributed by atoms with Crippen LogP contribution in [0.4, 0.5) is 8.78 Å². The second-order valence-corrected chi connectivity index (χ2v) is 7.42. The molecular formula is C22H22F2N4O6. The highest BCUT2D eigenvalue weighted by Gasteiger charge is 2.43. The molecule has 0 radical (unpaired) electrons. The van der Waals surface area contributed by atoms with Crippen LogP contribution in [0.3, 0.4) is 0 Å². The Kier molecular flexibility index (Phi) is 6.87. The lowest BCUT2D eigenvalue weighted by Gasteiger charge is -2.34. The van der Waals surface area contributed by atoms with E-state index in [2.05, 4.69) is 19.4 Å². The second-order valence-electron chi connectivity index (χ2n) is 7.42. The first-order valence-corrected chi connectivity index (χ1v) is 10.4. The van der Waals surface area contributed by atoms with Gasteiger partial charge >= 0.3 is 12.3 Å². The van der Waals surface area contributed by atoms with Gasteiger partial charge in [0.05, 0.1) is 12.2 Å². The molecule has 34 heavy (non-hydrogen) atoms. The topological polar surface area (TPSA) is 103 Å². The summed E-state index contributed by atoms with van der Waals surface area (Å²) in [7, 11) is 1.56. The number of hydrogen-bond donors (Lipinski definition) is 0. The van der Waals surface area contributed by atoms with E-state index in [-0.39, 0.29) is 29.3 Å². The van der Waals surface area contributed by atoms with Crippen molar-refractivity contribution in [3.05, 3.63) is 47.8 Å². The standard InChI is InChI=1S/C22H22F2N4O6/c1-31-10-11-32-21-25-13-16(14-26-21)20(30)28-8-6-27(7-9-28)19(29)5-3-15-2-4-17-18(12-15)34-22(23,24)33-17/h2-5,12-14H,6-11H2,1H3/b5-3+. The highest BCUT2D eigenvalue weighted by molar-refractivity contribution is 5.94. The number of alkyl halides is 2. The minimum atomic E-state index is -3.69. The third-order valence-corrected chi connectivity index (χ3v) is 5.12. The lowest BCUT2D eigenvalue weighted by atomic mass is 10.2. The number of nitrogens with zero attached hydrogens (tertiary/aromatic N) is 4. The monoisotopic (exact) mass is 476 g/mol. The molecule has 1 aromatic heterocycles. The summed E-state index contributed by atoms with van der Waals surface area (Å²) in [6.45, 7) is 2.10. The number of piperazine rings is 1. The lowest BCUT2D eigenvalue weighted by Crippen LogP contribution is -2.50. The molecule has 1 saturated heterocycles. The third kappa shape index (κ3) is 5.57. The molecule has 2 aromatic rings. The summed E-state index contributed by atoms with van der Waals surface area (Å²) in [5, 5.41) is 0. The molecule has 2 aliphatic rings. The first kappa shape index (κ1) is 23.4. The van der Waals surface area contributed by atoms with Crippen LogP contribution in [0.2, 0.25) is 0 Å². The summed E-state index contributed by atoms with van der Waals surface area (Å²) in [5.41, 5.74) is 0.837. The summed E-state index contributed by atoms with van der Waals surface area (Å²) in [6, 6.07) is 4.42. The van der Waals surface area contributed by atoms with Gasteiger partial charge in [0.15, 0.2) is 11.5 Å². The van der Waals surface area contributed by atoms with E-state index in [4.69, 9.17) is 9.47 Å². The Morgan fingerprint density at radius 3 is 2.44 bits per heavy atom. The van der Waals surface area contributed by atoms with E-state index in [9.17, 15) is 18.4 Å². The Morgan fingerprint density at radius 1 is 1.06 bits per heavy atom. The zero-order chi connectivity index (χ0) is 24.1. The van der Waals surface area contributed by atoms with Crippen LogP contribution in [0.15, 0.2) is 36.7 Å². The summed E-state index contributed by atoms with van der Waals surface area (Å²) >= 11 is 0. The van der Waals surface area contributed by atoms with Crippen LogP contribution in [-0.2, 0) is 9.53 Å². The van der Waals surface area contributed by atoms with E-state index in [1.54, 1.807) is 23.0 Å². The average Bonchev–Trinajstić information content (AvgIpc) is 3.16. The largest absolute Gasteiger partial charge is 0.586 e. The Labute approximate surface area is 193 Å². The molecule has 180 valence electrons. The maximum atomic E-state index is 13.1. The summed E-state index contributed by atoms with van der Waals surface area (Å²) in [6.07, 6.45) is 1.97. The Balaban J connectivity index is 1.27. The third-order valence-electron chi connectivity index (χ3n) is 5.12. The minimum Gasteiger partial charge on any atom is -0.461 e. The quantitative estimate of drug-likeness (QED) is 0.441. The molecule has 2 aliphatic heterocycles. The molecule has 0 N–H and O–H groups in total. The summed E-state index contributed by atoms with van der Waals surface area (Å²) < 4.78 is 45.2. The Hall–Kier alpha value is -3.80. The van der Waals surface area contributed by atoms with Gasteiger partial charge in [-0.25, -0.2) is 9.97 Å². The maximum Gasteiger partial charge on any atom is 0.586 e. The fraction of sp³-hybridized carbons (Fsp3) is 0.364. The molecular weight excluding hydrogens is 454 g/mol. The number of methoxy groups -OCH3 is 1. The molecule has 1 fully saturated rings. The van der Waals surface area contributed by atoms with Gasteiger partial charge in [-0.3, -0.25) is 9.59 Å². The highest BCUT2D eigenvalue weighted by Crippen LogP contribution is 2.41. The van der Waals surface area contributed by atoms with Gasteiger partial charge in [0.2, 0.25) is 5.91 Å². The van der Waals surface area contributed by atoms with Gasteiger partial charge in [-0.2, -0.15) is 0 Å². The van der Waals surface area contributed by atoms with Crippen molar-refractivity contribution in [1.29, 1.82) is 0 Å². The maximum absolute atomic E-state index is 13.1. The second kappa shape index (κ2) is 10.00. The molecule has 1 aromatic carbocycles. The summed E-state index contributed by atoms with van der Waals surface area (Å²) in [4.78, 5) is 36.5. The number of fused-ring (bicyclic) bond motifs is 1. The van der Waals surface area contributed by atoms with Crippen LogP contribution >= 0.6 is 0 Å². The fourth-order valence-electron chi connectivity index (χ4n) is 3.37. The number of carbonyl (C=O) groups excluding carboxylic acids is 2. The number of amides is 2. The van der Waals surface area contributed by atoms with Gasteiger partial charge in [0.25, 0.3) is 5.91 Å². The molecule has 0 aliphatic carbocycles. The van der Waals surface area contributed by atoms with Gasteiger partial charge < -0.3 is 28.7 Å². The molecule has 12 heteroatoms. The van der Waals surface area contributed by atoms with E-state index >= 15 is 0 Å². The van der Waals surface area contributed by atoms with E-state index in [0.717, 1.165) is 0 Å². The molecule has 0 saturated carbocycles. The van der Waals surface area contributed by atoms with Crippen molar-refractivity contribution in [3.8, 4) is 17.5 Å². The predicted molar refractivity (Wildman–Crippen MR) is 114 cm³/mol. The van der Waals surface area contributed by atoms with E-state index in [0.29, 0.717) is 50.5 Å². The van der Waals surface area contributed by atoms with Gasteiger partial charge in [-0.15, -0.1) is 8.78 Å². The van der Waals surface area contributed by atoms with E-state index in [1.807, 2.05) is 0 Å². The van der Waals surface area contributed by atoms with Crippen LogP contribution in [0.1, 0.15) is 15.9 Å². The number of benzene rings is 1. The van der Waals surface area contributed by atoms with Gasteiger partial charge in [0, 0.05) is 51.8 Å². The van der Waals surface area contributed by atoms with Crippen molar-refractivity contribution >= 4 is 17.9 Å². The minimum absolute atomic E-state index is 0.0621. The van der Waals surface area contributed by atoms with Crippen molar-refractivity contribution in [3.63, 3.8) is 0 Å². The van der Waals surface area contributed by atoms with Gasteiger partial charge in [0.1, 0.15) is 6.61 Å². The highest BCUT2D eigenvalue weighted by atomic mass is 19.3. The van der Waals surface area contributed by atoms with Crippen LogP contribution in [-0.4, -0.2) is 84.4 Å². The van der Waals surface area contributed by atoms with Crippen molar-refractivity contribution < 1.29 is 37.3 Å². The number of ether oxygens (including phenoxy) is 4. The molecule has 4 rings (SSSR count). The number of aromatic nitrogens is 2. The Bertz CT molecular complexity index is 1070. The molecule has 0 spiro atoms. The first-order valence-electron chi connectivity index (χ1n) is 10.4. The van der Waals surface area contributed by atoms with Crippen LogP contribution in [0.25, 0.3) is 6.08 Å².